The van der Waals surface area contributed by atoms with Gasteiger partial charge in [-0.15, -0.1) is 0 Å². The second-order valence-corrected chi connectivity index (χ2v) is 5.27. The highest BCUT2D eigenvalue weighted by Crippen LogP contribution is 2.18. The largest absolute Gasteiger partial charge is 0.465 e. The van der Waals surface area contributed by atoms with Crippen LogP contribution in [0.4, 0.5) is 5.69 Å². The molecule has 0 heterocycles. The summed E-state index contributed by atoms with van der Waals surface area (Å²) in [6.07, 6.45) is 0. The fraction of sp³-hybridized carbons (Fsp3) is 0.222. The first-order valence-electron chi connectivity index (χ1n) is 7.11. The molecule has 0 radical (unpaired) electrons. The molecule has 22 heavy (non-hydrogen) atoms. The number of rotatable bonds is 4. The number of hydrogen-bond acceptors (Lipinski definition) is 3. The summed E-state index contributed by atoms with van der Waals surface area (Å²) in [6, 6.07) is 14.2. The summed E-state index contributed by atoms with van der Waals surface area (Å²) in [5.41, 5.74) is 2.44. The van der Waals surface area contributed by atoms with Crippen molar-refractivity contribution in [3.63, 3.8) is 0 Å². The number of anilines is 1. The molecule has 2 rings (SSSR count). The van der Waals surface area contributed by atoms with Gasteiger partial charge in [-0.05, 0) is 35.7 Å². The van der Waals surface area contributed by atoms with Gasteiger partial charge in [0.05, 0.1) is 18.2 Å². The first kappa shape index (κ1) is 15.8. The summed E-state index contributed by atoms with van der Waals surface area (Å²) >= 11 is 0. The molecular formula is C18H19NO3. The van der Waals surface area contributed by atoms with Crippen LogP contribution in [-0.2, 0) is 4.74 Å². The lowest BCUT2D eigenvalue weighted by atomic mass is 10.0. The van der Waals surface area contributed by atoms with Crippen molar-refractivity contribution < 1.29 is 14.3 Å². The predicted molar refractivity (Wildman–Crippen MR) is 86.3 cm³/mol. The van der Waals surface area contributed by atoms with Crippen molar-refractivity contribution in [2.24, 2.45) is 0 Å². The summed E-state index contributed by atoms with van der Waals surface area (Å²) in [7, 11) is 1.29. The molecule has 0 spiro atoms. The summed E-state index contributed by atoms with van der Waals surface area (Å²) in [6.45, 7) is 4.22. The average Bonchev–Trinajstić information content (AvgIpc) is 2.54. The molecule has 0 saturated heterocycles. The topological polar surface area (TPSA) is 55.4 Å². The third-order valence-corrected chi connectivity index (χ3v) is 3.41. The maximum atomic E-state index is 12.4. The fourth-order valence-corrected chi connectivity index (χ4v) is 2.12. The SMILES string of the molecule is COC(=O)c1ccccc1C(=O)Nc1ccc(C(C)C)cc1. The quantitative estimate of drug-likeness (QED) is 0.872. The molecule has 2 aromatic rings. The van der Waals surface area contributed by atoms with Crippen molar-refractivity contribution in [2.45, 2.75) is 19.8 Å². The van der Waals surface area contributed by atoms with E-state index >= 15 is 0 Å². The Kier molecular flexibility index (Phi) is 4.94. The van der Waals surface area contributed by atoms with E-state index in [-0.39, 0.29) is 11.5 Å². The lowest BCUT2D eigenvalue weighted by Crippen LogP contribution is -2.17. The highest BCUT2D eigenvalue weighted by Gasteiger charge is 2.17. The van der Waals surface area contributed by atoms with Crippen molar-refractivity contribution >= 4 is 17.6 Å². The molecule has 0 aliphatic heterocycles. The van der Waals surface area contributed by atoms with Crippen LogP contribution in [0, 0.1) is 0 Å². The van der Waals surface area contributed by atoms with Gasteiger partial charge in [-0.25, -0.2) is 4.79 Å². The molecule has 0 aliphatic carbocycles. The highest BCUT2D eigenvalue weighted by molar-refractivity contribution is 6.11. The molecule has 0 bridgehead atoms. The number of methoxy groups -OCH3 is 1. The van der Waals surface area contributed by atoms with Gasteiger partial charge >= 0.3 is 5.97 Å². The van der Waals surface area contributed by atoms with E-state index in [4.69, 9.17) is 4.74 Å². The van der Waals surface area contributed by atoms with Crippen LogP contribution in [0.1, 0.15) is 46.0 Å². The summed E-state index contributed by atoms with van der Waals surface area (Å²) in [4.78, 5) is 24.1. The van der Waals surface area contributed by atoms with E-state index in [1.165, 1.54) is 12.7 Å². The molecule has 4 nitrogen and oxygen atoms in total. The van der Waals surface area contributed by atoms with E-state index in [1.54, 1.807) is 24.3 Å². The van der Waals surface area contributed by atoms with Gasteiger partial charge in [0.15, 0.2) is 0 Å². The van der Waals surface area contributed by atoms with E-state index in [0.29, 0.717) is 17.2 Å². The van der Waals surface area contributed by atoms with Crippen LogP contribution in [0.15, 0.2) is 48.5 Å². The Hall–Kier alpha value is -2.62. The lowest BCUT2D eigenvalue weighted by molar-refractivity contribution is 0.0597. The van der Waals surface area contributed by atoms with Crippen molar-refractivity contribution in [3.05, 3.63) is 65.2 Å². The number of nitrogens with one attached hydrogen (secondary N) is 1. The molecule has 2 aromatic carbocycles. The first-order chi connectivity index (χ1) is 10.5. The standard InChI is InChI=1S/C18H19NO3/c1-12(2)13-8-10-14(11-9-13)19-17(20)15-6-4-5-7-16(15)18(21)22-3/h4-12H,1-3H3,(H,19,20). The number of carbonyl (C=O) groups is 2. The minimum atomic E-state index is -0.527. The Morgan fingerprint density at radius 1 is 0.955 bits per heavy atom. The number of carbonyl (C=O) groups excluding carboxylic acids is 2. The molecule has 0 unspecified atom stereocenters. The van der Waals surface area contributed by atoms with Crippen LogP contribution < -0.4 is 5.32 Å². The fourth-order valence-electron chi connectivity index (χ4n) is 2.12. The monoisotopic (exact) mass is 297 g/mol. The number of esters is 1. The normalized spacial score (nSPS) is 10.4. The van der Waals surface area contributed by atoms with Crippen LogP contribution in [0.5, 0.6) is 0 Å². The van der Waals surface area contributed by atoms with Crippen LogP contribution in [0.2, 0.25) is 0 Å². The summed E-state index contributed by atoms with van der Waals surface area (Å²) in [5.74, 6) is -0.427. The van der Waals surface area contributed by atoms with Crippen molar-refractivity contribution in [1.82, 2.24) is 0 Å². The van der Waals surface area contributed by atoms with Crippen LogP contribution >= 0.6 is 0 Å². The molecule has 4 heteroatoms. The van der Waals surface area contributed by atoms with Crippen molar-refractivity contribution in [1.29, 1.82) is 0 Å². The Balaban J connectivity index is 2.21. The maximum absolute atomic E-state index is 12.4. The molecule has 0 aliphatic rings. The van der Waals surface area contributed by atoms with Crippen molar-refractivity contribution in [2.75, 3.05) is 12.4 Å². The van der Waals surface area contributed by atoms with Gasteiger partial charge in [0.25, 0.3) is 5.91 Å². The first-order valence-corrected chi connectivity index (χ1v) is 7.11. The molecule has 1 amide bonds. The van der Waals surface area contributed by atoms with E-state index in [0.717, 1.165) is 0 Å². The predicted octanol–water partition coefficient (Wildman–Crippen LogP) is 3.85. The minimum absolute atomic E-state index is 0.251. The summed E-state index contributed by atoms with van der Waals surface area (Å²) < 4.78 is 4.70. The van der Waals surface area contributed by atoms with Gasteiger partial charge in [-0.3, -0.25) is 4.79 Å². The molecule has 0 saturated carbocycles. The number of amides is 1. The van der Waals surface area contributed by atoms with Gasteiger partial charge < -0.3 is 10.1 Å². The van der Waals surface area contributed by atoms with E-state index in [1.807, 2.05) is 24.3 Å². The third kappa shape index (κ3) is 3.52. The number of hydrogen-bond donors (Lipinski definition) is 1. The zero-order valence-electron chi connectivity index (χ0n) is 12.9. The zero-order chi connectivity index (χ0) is 16.1. The van der Waals surface area contributed by atoms with E-state index in [2.05, 4.69) is 19.2 Å². The third-order valence-electron chi connectivity index (χ3n) is 3.41. The molecule has 0 aromatic heterocycles. The van der Waals surface area contributed by atoms with Crippen LogP contribution in [0.3, 0.4) is 0 Å². The van der Waals surface area contributed by atoms with Gasteiger partial charge in [0, 0.05) is 5.69 Å². The second-order valence-electron chi connectivity index (χ2n) is 5.27. The molecule has 114 valence electrons. The Morgan fingerprint density at radius 2 is 1.55 bits per heavy atom. The smallest absolute Gasteiger partial charge is 0.338 e. The molecular weight excluding hydrogens is 278 g/mol. The Labute approximate surface area is 130 Å². The van der Waals surface area contributed by atoms with Gasteiger partial charge in [0.1, 0.15) is 0 Å². The average molecular weight is 297 g/mol. The van der Waals surface area contributed by atoms with E-state index < -0.39 is 5.97 Å². The highest BCUT2D eigenvalue weighted by atomic mass is 16.5. The molecule has 0 atom stereocenters. The second kappa shape index (κ2) is 6.89. The van der Waals surface area contributed by atoms with Crippen LogP contribution in [0.25, 0.3) is 0 Å². The van der Waals surface area contributed by atoms with Crippen molar-refractivity contribution in [3.8, 4) is 0 Å². The number of benzene rings is 2. The number of ether oxygens (including phenoxy) is 1. The van der Waals surface area contributed by atoms with Crippen LogP contribution in [-0.4, -0.2) is 19.0 Å². The van der Waals surface area contributed by atoms with E-state index in [9.17, 15) is 9.59 Å². The Bertz CT molecular complexity index is 675. The minimum Gasteiger partial charge on any atom is -0.465 e. The van der Waals surface area contributed by atoms with Gasteiger partial charge in [0.2, 0.25) is 0 Å². The Morgan fingerprint density at radius 3 is 2.09 bits per heavy atom. The lowest BCUT2D eigenvalue weighted by Gasteiger charge is -2.10. The van der Waals surface area contributed by atoms with Gasteiger partial charge in [-0.1, -0.05) is 38.1 Å². The summed E-state index contributed by atoms with van der Waals surface area (Å²) in [5, 5.41) is 2.80. The van der Waals surface area contributed by atoms with Gasteiger partial charge in [-0.2, -0.15) is 0 Å². The molecule has 0 fully saturated rings. The maximum Gasteiger partial charge on any atom is 0.338 e. The zero-order valence-corrected chi connectivity index (χ0v) is 12.9. The molecule has 1 N–H and O–H groups in total.